The Morgan fingerprint density at radius 1 is 0.880 bits per heavy atom. The summed E-state index contributed by atoms with van der Waals surface area (Å²) in [6, 6.07) is 13.6. The molecule has 0 aliphatic carbocycles. The monoisotopic (exact) mass is 340 g/mol. The number of phenols is 2. The lowest BCUT2D eigenvalue weighted by molar-refractivity contribution is -0.129. The van der Waals surface area contributed by atoms with Crippen molar-refractivity contribution in [2.45, 2.75) is 39.0 Å². The van der Waals surface area contributed by atoms with Gasteiger partial charge in [-0.2, -0.15) is 0 Å². The normalized spacial score (nSPS) is 11.9. The van der Waals surface area contributed by atoms with Crippen molar-refractivity contribution in [3.8, 4) is 11.5 Å². The van der Waals surface area contributed by atoms with E-state index >= 15 is 0 Å². The van der Waals surface area contributed by atoms with Crippen LogP contribution in [-0.4, -0.2) is 21.8 Å². The summed E-state index contributed by atoms with van der Waals surface area (Å²) in [5.41, 5.74) is 1.95. The molecule has 0 aliphatic rings. The molecule has 2 aromatic carbocycles. The summed E-state index contributed by atoms with van der Waals surface area (Å²) in [4.78, 5) is 24.5. The molecule has 0 fully saturated rings. The van der Waals surface area contributed by atoms with Gasteiger partial charge in [0.25, 0.3) is 0 Å². The molecule has 0 aliphatic heterocycles. The van der Waals surface area contributed by atoms with E-state index in [-0.39, 0.29) is 35.4 Å². The van der Waals surface area contributed by atoms with Crippen LogP contribution in [0.15, 0.2) is 48.5 Å². The van der Waals surface area contributed by atoms with Crippen LogP contribution in [0.25, 0.3) is 0 Å². The molecule has 1 unspecified atom stereocenters. The molecule has 0 radical (unpaired) electrons. The quantitative estimate of drug-likeness (QED) is 0.680. The number of phenolic OH excluding ortho intramolecular Hbond substituents is 2. The van der Waals surface area contributed by atoms with Crippen molar-refractivity contribution in [3.05, 3.63) is 59.7 Å². The molecule has 2 N–H and O–H groups in total. The molecule has 0 saturated carbocycles. The number of Topliss-reactive ketones (excluding diaryl/α,β-unsaturated/α-hetero) is 2. The molecule has 0 amide bonds. The van der Waals surface area contributed by atoms with E-state index in [2.05, 4.69) is 0 Å². The maximum Gasteiger partial charge on any atom is 0.143 e. The Morgan fingerprint density at radius 3 is 1.92 bits per heavy atom. The minimum absolute atomic E-state index is 0.0220. The fraction of sp³-hybridized carbons (Fsp3) is 0.333. The lowest BCUT2D eigenvalue weighted by Crippen LogP contribution is -2.20. The fourth-order valence-electron chi connectivity index (χ4n) is 2.78. The fourth-order valence-corrected chi connectivity index (χ4v) is 2.78. The summed E-state index contributed by atoms with van der Waals surface area (Å²) < 4.78 is 0. The van der Waals surface area contributed by atoms with Crippen LogP contribution in [0.4, 0.5) is 0 Å². The number of aryl methyl sites for hydroxylation is 1. The summed E-state index contributed by atoms with van der Waals surface area (Å²) in [6.07, 6.45) is 2.13. The van der Waals surface area contributed by atoms with Gasteiger partial charge in [0.05, 0.1) is 6.42 Å². The molecule has 4 nitrogen and oxygen atoms in total. The van der Waals surface area contributed by atoms with E-state index in [1.54, 1.807) is 48.5 Å². The van der Waals surface area contributed by atoms with Gasteiger partial charge in [0.15, 0.2) is 0 Å². The molecule has 2 aromatic rings. The Balaban J connectivity index is 1.84. The van der Waals surface area contributed by atoms with Crippen molar-refractivity contribution >= 4 is 11.6 Å². The molecule has 0 aromatic heterocycles. The summed E-state index contributed by atoms with van der Waals surface area (Å²) in [5, 5.41) is 18.6. The second-order valence-corrected chi connectivity index (χ2v) is 6.32. The van der Waals surface area contributed by atoms with Gasteiger partial charge < -0.3 is 10.2 Å². The number of carbonyl (C=O) groups excluding carboxylic acids is 2. The van der Waals surface area contributed by atoms with E-state index in [0.29, 0.717) is 25.7 Å². The van der Waals surface area contributed by atoms with Gasteiger partial charge in [-0.1, -0.05) is 31.2 Å². The molecule has 0 saturated heterocycles. The van der Waals surface area contributed by atoms with E-state index < -0.39 is 0 Å². The Morgan fingerprint density at radius 2 is 1.40 bits per heavy atom. The van der Waals surface area contributed by atoms with Gasteiger partial charge >= 0.3 is 0 Å². The van der Waals surface area contributed by atoms with Gasteiger partial charge in [0.2, 0.25) is 0 Å². The van der Waals surface area contributed by atoms with Crippen molar-refractivity contribution in [1.82, 2.24) is 0 Å². The number of hydrogen-bond donors (Lipinski definition) is 2. The molecule has 2 rings (SSSR count). The van der Waals surface area contributed by atoms with Crippen molar-refractivity contribution < 1.29 is 19.8 Å². The maximum absolute atomic E-state index is 12.4. The number of carbonyl (C=O) groups is 2. The highest BCUT2D eigenvalue weighted by Crippen LogP contribution is 2.18. The van der Waals surface area contributed by atoms with Gasteiger partial charge in [-0.3, -0.25) is 9.59 Å². The Hall–Kier alpha value is -2.62. The predicted octanol–water partition coefficient (Wildman–Crippen LogP) is 3.83. The first-order valence-corrected chi connectivity index (χ1v) is 8.58. The van der Waals surface area contributed by atoms with Gasteiger partial charge in [0.1, 0.15) is 23.1 Å². The minimum Gasteiger partial charge on any atom is -0.508 e. The molecular weight excluding hydrogens is 316 g/mol. The van der Waals surface area contributed by atoms with Gasteiger partial charge in [-0.05, 0) is 54.7 Å². The largest absolute Gasteiger partial charge is 0.508 e. The lowest BCUT2D eigenvalue weighted by Gasteiger charge is -2.13. The zero-order valence-electron chi connectivity index (χ0n) is 14.4. The first kappa shape index (κ1) is 18.7. The first-order valence-electron chi connectivity index (χ1n) is 8.58. The molecule has 0 spiro atoms. The topological polar surface area (TPSA) is 74.6 Å². The minimum atomic E-state index is -0.179. The average molecular weight is 340 g/mol. The number of benzene rings is 2. The highest BCUT2D eigenvalue weighted by Gasteiger charge is 2.19. The number of hydrogen-bond acceptors (Lipinski definition) is 4. The van der Waals surface area contributed by atoms with E-state index in [1.165, 1.54) is 0 Å². The molecule has 25 heavy (non-hydrogen) atoms. The molecule has 4 heteroatoms. The predicted molar refractivity (Wildman–Crippen MR) is 96.7 cm³/mol. The smallest absolute Gasteiger partial charge is 0.143 e. The van der Waals surface area contributed by atoms with Crippen molar-refractivity contribution in [2.75, 3.05) is 0 Å². The van der Waals surface area contributed by atoms with E-state index in [4.69, 9.17) is 0 Å². The molecular formula is C21H24O4. The number of rotatable bonds is 9. The molecule has 1 atom stereocenters. The maximum atomic E-state index is 12.4. The first-order chi connectivity index (χ1) is 12.0. The van der Waals surface area contributed by atoms with E-state index in [1.807, 2.05) is 6.92 Å². The van der Waals surface area contributed by atoms with Crippen molar-refractivity contribution in [3.63, 3.8) is 0 Å². The van der Waals surface area contributed by atoms with Crippen LogP contribution in [0.2, 0.25) is 0 Å². The van der Waals surface area contributed by atoms with Gasteiger partial charge in [-0.25, -0.2) is 0 Å². The van der Waals surface area contributed by atoms with Crippen LogP contribution >= 0.6 is 0 Å². The van der Waals surface area contributed by atoms with E-state index in [9.17, 15) is 19.8 Å². The van der Waals surface area contributed by atoms with Gasteiger partial charge in [0, 0.05) is 12.3 Å². The lowest BCUT2D eigenvalue weighted by atomic mass is 9.89. The van der Waals surface area contributed by atoms with Crippen molar-refractivity contribution in [2.24, 2.45) is 5.92 Å². The van der Waals surface area contributed by atoms with Gasteiger partial charge in [-0.15, -0.1) is 0 Å². The third kappa shape index (κ3) is 6.07. The summed E-state index contributed by atoms with van der Waals surface area (Å²) in [5.74, 6) is 0.147. The van der Waals surface area contributed by atoms with E-state index in [0.717, 1.165) is 11.1 Å². The van der Waals surface area contributed by atoms with Crippen LogP contribution in [0.5, 0.6) is 11.5 Å². The average Bonchev–Trinajstić information content (AvgIpc) is 2.60. The van der Waals surface area contributed by atoms with Crippen LogP contribution in [0.3, 0.4) is 0 Å². The highest BCUT2D eigenvalue weighted by molar-refractivity contribution is 6.00. The summed E-state index contributed by atoms with van der Waals surface area (Å²) in [6.45, 7) is 1.95. The Labute approximate surface area is 148 Å². The van der Waals surface area contributed by atoms with Crippen LogP contribution < -0.4 is 0 Å². The van der Waals surface area contributed by atoms with Crippen LogP contribution in [0, 0.1) is 5.92 Å². The zero-order chi connectivity index (χ0) is 18.2. The molecule has 0 heterocycles. The highest BCUT2D eigenvalue weighted by atomic mass is 16.3. The Bertz CT molecular complexity index is 702. The zero-order valence-corrected chi connectivity index (χ0v) is 14.4. The third-order valence-corrected chi connectivity index (χ3v) is 4.37. The summed E-state index contributed by atoms with van der Waals surface area (Å²) >= 11 is 0. The van der Waals surface area contributed by atoms with Crippen LogP contribution in [0.1, 0.15) is 37.3 Å². The third-order valence-electron chi connectivity index (χ3n) is 4.37. The molecule has 0 bridgehead atoms. The van der Waals surface area contributed by atoms with Crippen molar-refractivity contribution in [1.29, 1.82) is 0 Å². The SMILES string of the molecule is CCC(Cc1ccc(O)cc1)C(=O)CC(=O)CCc1ccc(O)cc1. The molecule has 132 valence electrons. The summed E-state index contributed by atoms with van der Waals surface area (Å²) in [7, 11) is 0. The standard InChI is InChI=1S/C21H24O4/c1-2-17(13-16-6-10-19(23)11-7-16)21(25)14-20(24)12-5-15-3-8-18(22)9-4-15/h3-4,6-11,17,22-23H,2,5,12-14H2,1H3. The number of ketones is 2. The second-order valence-electron chi connectivity index (χ2n) is 6.32. The Kier molecular flexibility index (Phi) is 6.75. The van der Waals surface area contributed by atoms with Crippen LogP contribution in [-0.2, 0) is 22.4 Å². The second kappa shape index (κ2) is 9.02. The number of aromatic hydroxyl groups is 2.